The molecule has 0 spiro atoms. The summed E-state index contributed by atoms with van der Waals surface area (Å²) in [4.78, 5) is 15.2. The number of carbonyl (C=O) groups excluding carboxylic acids is 1. The van der Waals surface area contributed by atoms with Crippen molar-refractivity contribution in [3.63, 3.8) is 0 Å². The fraction of sp³-hybridized carbons (Fsp3) is 0. The van der Waals surface area contributed by atoms with Crippen molar-refractivity contribution in [2.24, 2.45) is 0 Å². The fourth-order valence-electron chi connectivity index (χ4n) is 1.78. The highest BCUT2D eigenvalue weighted by molar-refractivity contribution is 5.74. The van der Waals surface area contributed by atoms with E-state index in [4.69, 9.17) is 0 Å². The van der Waals surface area contributed by atoms with Gasteiger partial charge in [-0.05, 0) is 24.3 Å². The minimum absolute atomic E-state index is 0.155. The molecule has 0 saturated heterocycles. The molecular weight excluding hydrogens is 230 g/mol. The van der Waals surface area contributed by atoms with Crippen LogP contribution >= 0.6 is 0 Å². The second kappa shape index (κ2) is 3.96. The van der Waals surface area contributed by atoms with E-state index in [0.29, 0.717) is 22.7 Å². The Morgan fingerprint density at radius 1 is 1.17 bits per heavy atom. The number of benzene rings is 1. The molecule has 0 aliphatic carbocycles. The van der Waals surface area contributed by atoms with E-state index in [-0.39, 0.29) is 5.75 Å². The molecule has 3 aromatic rings. The zero-order chi connectivity index (χ0) is 12.5. The Morgan fingerprint density at radius 3 is 2.78 bits per heavy atom. The van der Waals surface area contributed by atoms with Crippen LogP contribution in [0.1, 0.15) is 10.5 Å². The van der Waals surface area contributed by atoms with Crippen LogP contribution in [0.4, 0.5) is 0 Å². The number of fused-ring (bicyclic) bond motifs is 1. The van der Waals surface area contributed by atoms with Crippen molar-refractivity contribution in [2.45, 2.75) is 0 Å². The lowest BCUT2D eigenvalue weighted by Gasteiger charge is -1.95. The number of hydrogen-bond donors (Lipinski definition) is 1. The number of nitrogens with zero attached hydrogens (tertiary/aromatic N) is 3. The normalized spacial score (nSPS) is 10.7. The van der Waals surface area contributed by atoms with Crippen LogP contribution in [0.15, 0.2) is 42.5 Å². The van der Waals surface area contributed by atoms with Crippen LogP contribution in [0.5, 0.6) is 5.75 Å². The average molecular weight is 239 g/mol. The van der Waals surface area contributed by atoms with Gasteiger partial charge in [-0.1, -0.05) is 18.2 Å². The summed E-state index contributed by atoms with van der Waals surface area (Å²) in [5, 5.41) is 13.7. The zero-order valence-corrected chi connectivity index (χ0v) is 9.32. The van der Waals surface area contributed by atoms with Crippen molar-refractivity contribution < 1.29 is 9.90 Å². The number of aromatic hydroxyl groups is 1. The lowest BCUT2D eigenvalue weighted by Crippen LogP contribution is -1.96. The minimum atomic E-state index is 0.155. The van der Waals surface area contributed by atoms with E-state index < -0.39 is 0 Å². The molecule has 18 heavy (non-hydrogen) atoms. The van der Waals surface area contributed by atoms with Gasteiger partial charge in [-0.25, -0.2) is 9.50 Å². The van der Waals surface area contributed by atoms with Crippen LogP contribution in [-0.4, -0.2) is 26.0 Å². The first-order valence-electron chi connectivity index (χ1n) is 5.38. The highest BCUT2D eigenvalue weighted by Crippen LogP contribution is 2.20. The Balaban J connectivity index is 2.22. The van der Waals surface area contributed by atoms with E-state index in [2.05, 4.69) is 10.1 Å². The van der Waals surface area contributed by atoms with Gasteiger partial charge in [0.25, 0.3) is 0 Å². The Kier molecular flexibility index (Phi) is 2.30. The second-order valence-electron chi connectivity index (χ2n) is 3.82. The summed E-state index contributed by atoms with van der Waals surface area (Å²) in [5.41, 5.74) is 1.74. The molecule has 5 nitrogen and oxygen atoms in total. The third-order valence-corrected chi connectivity index (χ3v) is 2.61. The van der Waals surface area contributed by atoms with Crippen molar-refractivity contribution >= 4 is 11.9 Å². The maximum atomic E-state index is 10.9. The lowest BCUT2D eigenvalue weighted by molar-refractivity contribution is 0.111. The monoisotopic (exact) mass is 239 g/mol. The van der Waals surface area contributed by atoms with Crippen LogP contribution in [-0.2, 0) is 0 Å². The van der Waals surface area contributed by atoms with E-state index in [1.165, 1.54) is 4.52 Å². The molecule has 0 atom stereocenters. The highest BCUT2D eigenvalue weighted by Gasteiger charge is 2.08. The lowest BCUT2D eigenvalue weighted by atomic mass is 10.2. The van der Waals surface area contributed by atoms with Gasteiger partial charge in [0.2, 0.25) is 0 Å². The Labute approximate surface area is 102 Å². The predicted octanol–water partition coefficient (Wildman–Crippen LogP) is 1.91. The molecule has 0 bridgehead atoms. The summed E-state index contributed by atoms with van der Waals surface area (Å²) in [5.74, 6) is 0.627. The van der Waals surface area contributed by atoms with Crippen LogP contribution in [0.3, 0.4) is 0 Å². The number of pyridine rings is 1. The molecular formula is C13H9N3O2. The summed E-state index contributed by atoms with van der Waals surface area (Å²) < 4.78 is 1.48. The third kappa shape index (κ3) is 1.62. The number of phenols is 1. The summed E-state index contributed by atoms with van der Waals surface area (Å²) >= 11 is 0. The Morgan fingerprint density at radius 2 is 2.00 bits per heavy atom. The van der Waals surface area contributed by atoms with E-state index in [9.17, 15) is 9.90 Å². The van der Waals surface area contributed by atoms with Crippen LogP contribution < -0.4 is 0 Å². The van der Waals surface area contributed by atoms with Crippen molar-refractivity contribution in [3.05, 3.63) is 48.2 Å². The van der Waals surface area contributed by atoms with Crippen molar-refractivity contribution in [2.75, 3.05) is 0 Å². The molecule has 0 radical (unpaired) electrons. The van der Waals surface area contributed by atoms with Crippen molar-refractivity contribution in [1.29, 1.82) is 0 Å². The fourth-order valence-corrected chi connectivity index (χ4v) is 1.78. The molecule has 88 valence electrons. The summed E-state index contributed by atoms with van der Waals surface area (Å²) in [7, 11) is 0. The SMILES string of the molecule is O=Cc1cccc2nc(-c3cccc(O)c3)nn12. The van der Waals surface area contributed by atoms with Gasteiger partial charge in [0.15, 0.2) is 17.8 Å². The van der Waals surface area contributed by atoms with E-state index in [0.717, 1.165) is 6.29 Å². The first kappa shape index (κ1) is 10.5. The maximum Gasteiger partial charge on any atom is 0.182 e. The van der Waals surface area contributed by atoms with Crippen LogP contribution in [0.2, 0.25) is 0 Å². The van der Waals surface area contributed by atoms with Crippen molar-refractivity contribution in [3.8, 4) is 17.1 Å². The number of aldehydes is 1. The third-order valence-electron chi connectivity index (χ3n) is 2.61. The smallest absolute Gasteiger partial charge is 0.182 e. The first-order chi connectivity index (χ1) is 8.78. The van der Waals surface area contributed by atoms with Gasteiger partial charge in [-0.15, -0.1) is 5.10 Å². The number of rotatable bonds is 2. The summed E-state index contributed by atoms with van der Waals surface area (Å²) in [6.45, 7) is 0. The molecule has 0 saturated carbocycles. The molecule has 3 rings (SSSR count). The minimum Gasteiger partial charge on any atom is -0.508 e. The van der Waals surface area contributed by atoms with Gasteiger partial charge in [0, 0.05) is 5.56 Å². The molecule has 0 amide bonds. The Bertz CT molecular complexity index is 734. The quantitative estimate of drug-likeness (QED) is 0.694. The predicted molar refractivity (Wildman–Crippen MR) is 65.5 cm³/mol. The van der Waals surface area contributed by atoms with E-state index in [1.54, 1.807) is 42.5 Å². The molecule has 0 fully saturated rings. The molecule has 0 aliphatic rings. The standard InChI is InChI=1S/C13H9N3O2/c17-8-10-4-2-6-12-14-13(15-16(10)12)9-3-1-5-11(18)7-9/h1-8,18H. The average Bonchev–Trinajstić information content (AvgIpc) is 2.82. The molecule has 2 aromatic heterocycles. The van der Waals surface area contributed by atoms with Gasteiger partial charge < -0.3 is 5.11 Å². The molecule has 0 aliphatic heterocycles. The number of aromatic nitrogens is 3. The second-order valence-corrected chi connectivity index (χ2v) is 3.82. The topological polar surface area (TPSA) is 67.5 Å². The zero-order valence-electron chi connectivity index (χ0n) is 9.32. The van der Waals surface area contributed by atoms with Gasteiger partial charge in [0.05, 0.1) is 0 Å². The summed E-state index contributed by atoms with van der Waals surface area (Å²) in [6, 6.07) is 11.9. The van der Waals surface area contributed by atoms with Gasteiger partial charge in [0.1, 0.15) is 11.4 Å². The van der Waals surface area contributed by atoms with Crippen LogP contribution in [0.25, 0.3) is 17.0 Å². The molecule has 2 heterocycles. The Hall–Kier alpha value is -2.69. The first-order valence-corrected chi connectivity index (χ1v) is 5.38. The summed E-state index contributed by atoms with van der Waals surface area (Å²) in [6.07, 6.45) is 0.730. The van der Waals surface area contributed by atoms with Gasteiger partial charge >= 0.3 is 0 Å². The number of hydrogen-bond acceptors (Lipinski definition) is 4. The van der Waals surface area contributed by atoms with E-state index >= 15 is 0 Å². The van der Waals surface area contributed by atoms with Gasteiger partial charge in [-0.3, -0.25) is 4.79 Å². The molecule has 1 aromatic carbocycles. The van der Waals surface area contributed by atoms with E-state index in [1.807, 2.05) is 0 Å². The maximum absolute atomic E-state index is 10.9. The largest absolute Gasteiger partial charge is 0.508 e. The molecule has 5 heteroatoms. The molecule has 1 N–H and O–H groups in total. The van der Waals surface area contributed by atoms with Crippen LogP contribution in [0, 0.1) is 0 Å². The number of carbonyl (C=O) groups is 1. The van der Waals surface area contributed by atoms with Gasteiger partial charge in [-0.2, -0.15) is 0 Å². The number of phenolic OH excluding ortho intramolecular Hbond substituents is 1. The molecule has 0 unspecified atom stereocenters. The van der Waals surface area contributed by atoms with Crippen molar-refractivity contribution in [1.82, 2.24) is 14.6 Å². The highest BCUT2D eigenvalue weighted by atomic mass is 16.3.